The Kier molecular flexibility index (Phi) is 5.51. The molecular weight excluding hydrogens is 166 g/mol. The first-order valence-electron chi connectivity index (χ1n) is 5.03. The second-order valence-corrected chi connectivity index (χ2v) is 3.51. The summed E-state index contributed by atoms with van der Waals surface area (Å²) in [7, 11) is 0. The molecule has 0 aliphatic rings. The SMILES string of the molecule is CCC[C@@](C)(CC)NC(=O)OCC. The third kappa shape index (κ3) is 4.76. The highest BCUT2D eigenvalue weighted by molar-refractivity contribution is 5.68. The predicted molar refractivity (Wildman–Crippen MR) is 53.8 cm³/mol. The van der Waals surface area contributed by atoms with Crippen molar-refractivity contribution in [2.75, 3.05) is 6.61 Å². The van der Waals surface area contributed by atoms with Crippen LogP contribution in [0.3, 0.4) is 0 Å². The fourth-order valence-corrected chi connectivity index (χ4v) is 1.29. The summed E-state index contributed by atoms with van der Waals surface area (Å²) in [5, 5.41) is 2.88. The van der Waals surface area contributed by atoms with E-state index in [1.165, 1.54) is 0 Å². The van der Waals surface area contributed by atoms with Gasteiger partial charge >= 0.3 is 6.09 Å². The van der Waals surface area contributed by atoms with Gasteiger partial charge < -0.3 is 10.1 Å². The number of hydrogen-bond donors (Lipinski definition) is 1. The molecule has 0 rings (SSSR count). The summed E-state index contributed by atoms with van der Waals surface area (Å²) >= 11 is 0. The largest absolute Gasteiger partial charge is 0.450 e. The van der Waals surface area contributed by atoms with Gasteiger partial charge in [-0.3, -0.25) is 0 Å². The number of hydrogen-bond acceptors (Lipinski definition) is 2. The molecule has 0 saturated carbocycles. The smallest absolute Gasteiger partial charge is 0.407 e. The molecule has 0 aliphatic carbocycles. The number of carbonyl (C=O) groups is 1. The summed E-state index contributed by atoms with van der Waals surface area (Å²) in [4.78, 5) is 11.2. The minimum atomic E-state index is -0.305. The Morgan fingerprint density at radius 3 is 2.38 bits per heavy atom. The van der Waals surface area contributed by atoms with E-state index in [1.807, 2.05) is 13.8 Å². The first-order valence-corrected chi connectivity index (χ1v) is 5.03. The van der Waals surface area contributed by atoms with Crippen LogP contribution in [-0.2, 0) is 4.74 Å². The molecule has 0 aromatic rings. The molecule has 0 heterocycles. The van der Waals surface area contributed by atoms with Gasteiger partial charge in [-0.1, -0.05) is 20.3 Å². The lowest BCUT2D eigenvalue weighted by Gasteiger charge is -2.28. The standard InChI is InChI=1S/C10H21NO2/c1-5-8-10(4,6-2)11-9(12)13-7-3/h5-8H2,1-4H3,(H,11,12)/t10-/m1/s1. The van der Waals surface area contributed by atoms with Crippen LogP contribution in [0.4, 0.5) is 4.79 Å². The van der Waals surface area contributed by atoms with Crippen molar-refractivity contribution < 1.29 is 9.53 Å². The van der Waals surface area contributed by atoms with Crippen molar-refractivity contribution in [1.82, 2.24) is 5.32 Å². The molecule has 3 heteroatoms. The molecule has 1 amide bonds. The molecule has 1 atom stereocenters. The van der Waals surface area contributed by atoms with Gasteiger partial charge in [0.2, 0.25) is 0 Å². The third-order valence-electron chi connectivity index (χ3n) is 2.26. The molecule has 0 spiro atoms. The lowest BCUT2D eigenvalue weighted by Crippen LogP contribution is -2.45. The van der Waals surface area contributed by atoms with Gasteiger partial charge in [-0.25, -0.2) is 4.79 Å². The third-order valence-corrected chi connectivity index (χ3v) is 2.26. The maximum absolute atomic E-state index is 11.2. The van der Waals surface area contributed by atoms with Gasteiger partial charge in [0.15, 0.2) is 0 Å². The van der Waals surface area contributed by atoms with Gasteiger partial charge in [-0.2, -0.15) is 0 Å². The quantitative estimate of drug-likeness (QED) is 0.718. The molecule has 13 heavy (non-hydrogen) atoms. The summed E-state index contributed by atoms with van der Waals surface area (Å²) in [5.41, 5.74) is -0.110. The van der Waals surface area contributed by atoms with Crippen LogP contribution in [0, 0.1) is 0 Å². The van der Waals surface area contributed by atoms with Crippen LogP contribution >= 0.6 is 0 Å². The minimum Gasteiger partial charge on any atom is -0.450 e. The van der Waals surface area contributed by atoms with E-state index in [-0.39, 0.29) is 11.6 Å². The number of ether oxygens (including phenoxy) is 1. The summed E-state index contributed by atoms with van der Waals surface area (Å²) in [5.74, 6) is 0. The predicted octanol–water partition coefficient (Wildman–Crippen LogP) is 2.70. The molecule has 0 saturated heterocycles. The Balaban J connectivity index is 4.02. The van der Waals surface area contributed by atoms with Crippen LogP contribution in [0.5, 0.6) is 0 Å². The molecule has 0 aromatic carbocycles. The number of alkyl carbamates (subject to hydrolysis) is 1. The summed E-state index contributed by atoms with van der Waals surface area (Å²) in [6, 6.07) is 0. The Labute approximate surface area is 80.8 Å². The summed E-state index contributed by atoms with van der Waals surface area (Å²) in [6.07, 6.45) is 2.68. The Hall–Kier alpha value is -0.730. The number of carbonyl (C=O) groups excluding carboxylic acids is 1. The van der Waals surface area contributed by atoms with E-state index in [1.54, 1.807) is 0 Å². The van der Waals surface area contributed by atoms with E-state index >= 15 is 0 Å². The van der Waals surface area contributed by atoms with Gasteiger partial charge in [0.05, 0.1) is 6.61 Å². The van der Waals surface area contributed by atoms with E-state index in [9.17, 15) is 4.79 Å². The molecule has 3 nitrogen and oxygen atoms in total. The first-order chi connectivity index (χ1) is 6.08. The van der Waals surface area contributed by atoms with Crippen LogP contribution in [0.2, 0.25) is 0 Å². The molecule has 1 N–H and O–H groups in total. The van der Waals surface area contributed by atoms with Crippen molar-refractivity contribution in [3.63, 3.8) is 0 Å². The molecule has 0 radical (unpaired) electrons. The zero-order valence-corrected chi connectivity index (χ0v) is 9.14. The molecule has 0 unspecified atom stereocenters. The van der Waals surface area contributed by atoms with Crippen LogP contribution in [-0.4, -0.2) is 18.2 Å². The van der Waals surface area contributed by atoms with Gasteiger partial charge in [0.1, 0.15) is 0 Å². The molecule has 0 fully saturated rings. The lowest BCUT2D eigenvalue weighted by molar-refractivity contribution is 0.137. The lowest BCUT2D eigenvalue weighted by atomic mass is 9.93. The van der Waals surface area contributed by atoms with E-state index in [4.69, 9.17) is 4.74 Å². The second-order valence-electron chi connectivity index (χ2n) is 3.51. The van der Waals surface area contributed by atoms with Crippen molar-refractivity contribution in [1.29, 1.82) is 0 Å². The highest BCUT2D eigenvalue weighted by Gasteiger charge is 2.23. The molecule has 0 bridgehead atoms. The maximum atomic E-state index is 11.2. The normalized spacial score (nSPS) is 14.8. The fourth-order valence-electron chi connectivity index (χ4n) is 1.29. The van der Waals surface area contributed by atoms with Gasteiger partial charge in [-0.15, -0.1) is 0 Å². The molecule has 78 valence electrons. The highest BCUT2D eigenvalue weighted by Crippen LogP contribution is 2.16. The van der Waals surface area contributed by atoms with E-state index in [0.717, 1.165) is 19.3 Å². The van der Waals surface area contributed by atoms with E-state index < -0.39 is 0 Å². The Bertz CT molecular complexity index is 159. The van der Waals surface area contributed by atoms with E-state index in [2.05, 4.69) is 19.2 Å². The van der Waals surface area contributed by atoms with Crippen molar-refractivity contribution in [3.05, 3.63) is 0 Å². The summed E-state index contributed by atoms with van der Waals surface area (Å²) < 4.78 is 4.84. The van der Waals surface area contributed by atoms with Crippen molar-refractivity contribution in [2.24, 2.45) is 0 Å². The van der Waals surface area contributed by atoms with Crippen LogP contribution in [0.15, 0.2) is 0 Å². The zero-order valence-electron chi connectivity index (χ0n) is 9.14. The molecular formula is C10H21NO2. The maximum Gasteiger partial charge on any atom is 0.407 e. The zero-order chi connectivity index (χ0) is 10.3. The number of rotatable bonds is 5. The van der Waals surface area contributed by atoms with Gasteiger partial charge in [0.25, 0.3) is 0 Å². The van der Waals surface area contributed by atoms with E-state index in [0.29, 0.717) is 6.61 Å². The average Bonchev–Trinajstić information content (AvgIpc) is 2.05. The Morgan fingerprint density at radius 2 is 2.00 bits per heavy atom. The van der Waals surface area contributed by atoms with Crippen molar-refractivity contribution in [2.45, 2.75) is 52.5 Å². The Morgan fingerprint density at radius 1 is 1.38 bits per heavy atom. The summed E-state index contributed by atoms with van der Waals surface area (Å²) in [6.45, 7) is 8.47. The van der Waals surface area contributed by atoms with Crippen LogP contribution in [0.1, 0.15) is 47.0 Å². The first kappa shape index (κ1) is 12.3. The monoisotopic (exact) mass is 187 g/mol. The van der Waals surface area contributed by atoms with Gasteiger partial charge in [-0.05, 0) is 26.7 Å². The van der Waals surface area contributed by atoms with Crippen molar-refractivity contribution >= 4 is 6.09 Å². The molecule has 0 aromatic heterocycles. The van der Waals surface area contributed by atoms with Crippen LogP contribution in [0.25, 0.3) is 0 Å². The fraction of sp³-hybridized carbons (Fsp3) is 0.900. The minimum absolute atomic E-state index is 0.110. The number of amides is 1. The topological polar surface area (TPSA) is 38.3 Å². The van der Waals surface area contributed by atoms with Crippen molar-refractivity contribution in [3.8, 4) is 0 Å². The second kappa shape index (κ2) is 5.84. The average molecular weight is 187 g/mol. The number of nitrogens with one attached hydrogen (secondary N) is 1. The highest BCUT2D eigenvalue weighted by atomic mass is 16.5. The van der Waals surface area contributed by atoms with Crippen LogP contribution < -0.4 is 5.32 Å². The van der Waals surface area contributed by atoms with Gasteiger partial charge in [0, 0.05) is 5.54 Å². The molecule has 0 aliphatic heterocycles.